The Morgan fingerprint density at radius 1 is 1.31 bits per heavy atom. The Morgan fingerprint density at radius 3 is 2.23 bits per heavy atom. The van der Waals surface area contributed by atoms with Crippen LogP contribution in [0.15, 0.2) is 12.7 Å². The lowest BCUT2D eigenvalue weighted by Gasteiger charge is -2.51. The van der Waals surface area contributed by atoms with Crippen molar-refractivity contribution in [2.75, 3.05) is 0 Å². The maximum Gasteiger partial charge on any atom is 0.187 e. The van der Waals surface area contributed by atoms with Crippen molar-refractivity contribution in [1.29, 1.82) is 0 Å². The maximum atomic E-state index is 6.24. The molecular formula is C11H22OSi. The van der Waals surface area contributed by atoms with E-state index in [1.807, 2.05) is 0 Å². The van der Waals surface area contributed by atoms with Gasteiger partial charge in [0.2, 0.25) is 0 Å². The van der Waals surface area contributed by atoms with E-state index in [0.29, 0.717) is 0 Å². The Balaban J connectivity index is 2.92. The summed E-state index contributed by atoms with van der Waals surface area (Å²) in [5, 5.41) is 0. The lowest BCUT2D eigenvalue weighted by molar-refractivity contribution is -0.0211. The van der Waals surface area contributed by atoms with Gasteiger partial charge in [-0.15, -0.1) is 6.58 Å². The molecule has 0 aromatic heterocycles. The molecule has 1 fully saturated rings. The van der Waals surface area contributed by atoms with E-state index >= 15 is 0 Å². The first kappa shape index (κ1) is 11.0. The van der Waals surface area contributed by atoms with Gasteiger partial charge in [-0.25, -0.2) is 0 Å². The molecule has 1 rings (SSSR count). The summed E-state index contributed by atoms with van der Waals surface area (Å²) in [4.78, 5) is 0. The summed E-state index contributed by atoms with van der Waals surface area (Å²) in [6, 6.07) is 1.25. The van der Waals surface area contributed by atoms with Crippen LogP contribution in [-0.2, 0) is 4.43 Å². The third-order valence-corrected chi connectivity index (χ3v) is 6.12. The van der Waals surface area contributed by atoms with Gasteiger partial charge in [-0.2, -0.15) is 0 Å². The lowest BCUT2D eigenvalue weighted by Crippen LogP contribution is -2.54. The summed E-state index contributed by atoms with van der Waals surface area (Å²) in [5.41, 5.74) is 0.109. The fourth-order valence-electron chi connectivity index (χ4n) is 2.07. The minimum absolute atomic E-state index is 0.0390. The average Bonchev–Trinajstić information content (AvgIpc) is 1.96. The molecule has 0 radical (unpaired) electrons. The van der Waals surface area contributed by atoms with Crippen molar-refractivity contribution in [1.82, 2.24) is 0 Å². The molecule has 1 atom stereocenters. The highest BCUT2D eigenvalue weighted by molar-refractivity contribution is 6.71. The molecule has 0 spiro atoms. The maximum absolute atomic E-state index is 6.24. The van der Waals surface area contributed by atoms with Gasteiger partial charge in [0.05, 0.1) is 5.60 Å². The minimum atomic E-state index is -1.38. The molecule has 0 N–H and O–H groups in total. The van der Waals surface area contributed by atoms with E-state index in [1.54, 1.807) is 0 Å². The number of hydrogen-bond acceptors (Lipinski definition) is 1. The monoisotopic (exact) mass is 198 g/mol. The smallest absolute Gasteiger partial charge is 0.187 e. The predicted octanol–water partition coefficient (Wildman–Crippen LogP) is 3.58. The summed E-state index contributed by atoms with van der Waals surface area (Å²) in [5.74, 6) is 0. The van der Waals surface area contributed by atoms with Crippen LogP contribution in [0.5, 0.6) is 0 Å². The van der Waals surface area contributed by atoms with E-state index in [9.17, 15) is 0 Å². The summed E-state index contributed by atoms with van der Waals surface area (Å²) >= 11 is 0. The fraction of sp³-hybridized carbons (Fsp3) is 0.818. The molecule has 13 heavy (non-hydrogen) atoms. The van der Waals surface area contributed by atoms with Crippen molar-refractivity contribution in [2.24, 2.45) is 5.41 Å². The molecule has 76 valence electrons. The zero-order valence-corrected chi connectivity index (χ0v) is 10.6. The van der Waals surface area contributed by atoms with Crippen molar-refractivity contribution in [3.63, 3.8) is 0 Å². The first-order valence-corrected chi connectivity index (χ1v) is 8.18. The summed E-state index contributed by atoms with van der Waals surface area (Å²) in [7, 11) is -1.38. The quantitative estimate of drug-likeness (QED) is 0.462. The topological polar surface area (TPSA) is 9.23 Å². The third-order valence-electron chi connectivity index (χ3n) is 3.60. The highest BCUT2D eigenvalue weighted by Crippen LogP contribution is 2.47. The standard InChI is InChI=1S/C11H22OSi/c1-7-11(4)8-9-13(5,6)12-10(11,2)3/h7H,1,8-9H2,2-6H3. The fourth-order valence-corrected chi connectivity index (χ4v) is 4.91. The summed E-state index contributed by atoms with van der Waals surface area (Å²) < 4.78 is 6.24. The second-order valence-electron chi connectivity index (χ2n) is 5.49. The highest BCUT2D eigenvalue weighted by atomic mass is 28.4. The molecule has 1 aliphatic heterocycles. The van der Waals surface area contributed by atoms with Crippen LogP contribution in [0.3, 0.4) is 0 Å². The Morgan fingerprint density at radius 2 is 1.85 bits per heavy atom. The molecule has 0 bridgehead atoms. The second kappa shape index (κ2) is 2.96. The average molecular weight is 198 g/mol. The molecule has 2 heteroatoms. The Hall–Kier alpha value is -0.0831. The number of rotatable bonds is 1. The predicted molar refractivity (Wildman–Crippen MR) is 60.4 cm³/mol. The highest BCUT2D eigenvalue weighted by Gasteiger charge is 2.48. The molecular weight excluding hydrogens is 176 g/mol. The van der Waals surface area contributed by atoms with Gasteiger partial charge in [-0.05, 0) is 39.4 Å². The van der Waals surface area contributed by atoms with Crippen LogP contribution in [0.4, 0.5) is 0 Å². The van der Waals surface area contributed by atoms with Crippen molar-refractivity contribution in [2.45, 2.75) is 51.9 Å². The molecule has 0 aromatic carbocycles. The molecule has 0 amide bonds. The van der Waals surface area contributed by atoms with E-state index < -0.39 is 8.32 Å². The molecule has 1 heterocycles. The molecule has 1 saturated heterocycles. The van der Waals surface area contributed by atoms with Crippen LogP contribution >= 0.6 is 0 Å². The van der Waals surface area contributed by atoms with Crippen molar-refractivity contribution < 1.29 is 4.43 Å². The van der Waals surface area contributed by atoms with Gasteiger partial charge >= 0.3 is 0 Å². The Kier molecular flexibility index (Phi) is 2.50. The normalized spacial score (nSPS) is 37.0. The van der Waals surface area contributed by atoms with Crippen LogP contribution < -0.4 is 0 Å². The number of hydrogen-bond donors (Lipinski definition) is 0. The van der Waals surface area contributed by atoms with Crippen molar-refractivity contribution >= 4 is 8.32 Å². The van der Waals surface area contributed by atoms with Crippen LogP contribution in [0.1, 0.15) is 27.2 Å². The minimum Gasteiger partial charge on any atom is -0.412 e. The summed E-state index contributed by atoms with van der Waals surface area (Å²) in [6.45, 7) is 15.2. The van der Waals surface area contributed by atoms with Crippen LogP contribution in [-0.4, -0.2) is 13.9 Å². The van der Waals surface area contributed by atoms with Crippen LogP contribution in [0, 0.1) is 5.41 Å². The van der Waals surface area contributed by atoms with Gasteiger partial charge in [0, 0.05) is 5.41 Å². The van der Waals surface area contributed by atoms with Crippen molar-refractivity contribution in [3.05, 3.63) is 12.7 Å². The van der Waals surface area contributed by atoms with E-state index in [1.165, 1.54) is 12.5 Å². The largest absolute Gasteiger partial charge is 0.412 e. The zero-order valence-electron chi connectivity index (χ0n) is 9.61. The molecule has 0 saturated carbocycles. The third kappa shape index (κ3) is 1.89. The molecule has 1 unspecified atom stereocenters. The van der Waals surface area contributed by atoms with Gasteiger partial charge in [0.25, 0.3) is 0 Å². The molecule has 0 aliphatic carbocycles. The Bertz CT molecular complexity index is 220. The first-order valence-electron chi connectivity index (χ1n) is 5.06. The Labute approximate surface area is 83.3 Å². The van der Waals surface area contributed by atoms with E-state index in [-0.39, 0.29) is 11.0 Å². The van der Waals surface area contributed by atoms with Gasteiger partial charge in [-0.3, -0.25) is 0 Å². The van der Waals surface area contributed by atoms with Crippen LogP contribution in [0.25, 0.3) is 0 Å². The van der Waals surface area contributed by atoms with Gasteiger partial charge in [-0.1, -0.05) is 13.0 Å². The first-order chi connectivity index (χ1) is 5.72. The summed E-state index contributed by atoms with van der Waals surface area (Å²) in [6.07, 6.45) is 3.29. The van der Waals surface area contributed by atoms with E-state index in [2.05, 4.69) is 46.5 Å². The molecule has 0 aromatic rings. The van der Waals surface area contributed by atoms with Gasteiger partial charge < -0.3 is 4.43 Å². The van der Waals surface area contributed by atoms with E-state index in [4.69, 9.17) is 4.43 Å². The van der Waals surface area contributed by atoms with E-state index in [0.717, 1.165) is 0 Å². The van der Waals surface area contributed by atoms with Crippen LogP contribution in [0.2, 0.25) is 19.1 Å². The SMILES string of the molecule is C=CC1(C)CC[Si](C)(C)OC1(C)C. The molecule has 1 nitrogen and oxygen atoms in total. The van der Waals surface area contributed by atoms with Gasteiger partial charge in [0.15, 0.2) is 8.32 Å². The van der Waals surface area contributed by atoms with Gasteiger partial charge in [0.1, 0.15) is 0 Å². The second-order valence-corrected chi connectivity index (χ2v) is 9.72. The molecule has 1 aliphatic rings. The van der Waals surface area contributed by atoms with Crippen molar-refractivity contribution in [3.8, 4) is 0 Å². The lowest BCUT2D eigenvalue weighted by atomic mass is 9.73. The zero-order chi connectivity index (χ0) is 10.3.